The first kappa shape index (κ1) is 13.9. The second-order valence-corrected chi connectivity index (χ2v) is 5.33. The third kappa shape index (κ3) is 2.71. The normalized spacial score (nSPS) is 19.0. The SMILES string of the molecule is CCC1COCCN1C(=O)Nc1cc(C)c2nccn2c1. The number of hydrogen-bond donors (Lipinski definition) is 1. The fourth-order valence-corrected chi connectivity index (χ4v) is 2.73. The van der Waals surface area contributed by atoms with Gasteiger partial charge in [0.15, 0.2) is 0 Å². The Morgan fingerprint density at radius 1 is 1.57 bits per heavy atom. The lowest BCUT2D eigenvalue weighted by atomic mass is 10.2. The predicted molar refractivity (Wildman–Crippen MR) is 80.6 cm³/mol. The van der Waals surface area contributed by atoms with E-state index >= 15 is 0 Å². The molecule has 6 heteroatoms. The molecule has 1 aliphatic rings. The Hall–Kier alpha value is -2.08. The Morgan fingerprint density at radius 2 is 2.43 bits per heavy atom. The fourth-order valence-electron chi connectivity index (χ4n) is 2.73. The molecule has 0 spiro atoms. The number of anilines is 1. The van der Waals surface area contributed by atoms with E-state index in [0.717, 1.165) is 23.3 Å². The number of urea groups is 1. The van der Waals surface area contributed by atoms with E-state index in [2.05, 4.69) is 17.2 Å². The Morgan fingerprint density at radius 3 is 3.24 bits per heavy atom. The van der Waals surface area contributed by atoms with Crippen LogP contribution < -0.4 is 5.32 Å². The van der Waals surface area contributed by atoms with Crippen molar-refractivity contribution in [3.63, 3.8) is 0 Å². The highest BCUT2D eigenvalue weighted by Crippen LogP contribution is 2.17. The van der Waals surface area contributed by atoms with Gasteiger partial charge in [0, 0.05) is 25.1 Å². The van der Waals surface area contributed by atoms with Gasteiger partial charge in [0.05, 0.1) is 24.9 Å². The van der Waals surface area contributed by atoms with Gasteiger partial charge in [-0.3, -0.25) is 0 Å². The van der Waals surface area contributed by atoms with E-state index in [-0.39, 0.29) is 12.1 Å². The van der Waals surface area contributed by atoms with Crippen molar-refractivity contribution in [1.29, 1.82) is 0 Å². The molecule has 0 radical (unpaired) electrons. The van der Waals surface area contributed by atoms with Crippen molar-refractivity contribution < 1.29 is 9.53 Å². The number of nitrogens with one attached hydrogen (secondary N) is 1. The number of amides is 2. The molecule has 0 bridgehead atoms. The van der Waals surface area contributed by atoms with Crippen LogP contribution in [-0.2, 0) is 4.74 Å². The average molecular weight is 288 g/mol. The quantitative estimate of drug-likeness (QED) is 0.922. The molecule has 3 rings (SSSR count). The molecule has 1 aliphatic heterocycles. The summed E-state index contributed by atoms with van der Waals surface area (Å²) in [6.07, 6.45) is 6.41. The smallest absolute Gasteiger partial charge is 0.322 e. The number of imidazole rings is 1. The largest absolute Gasteiger partial charge is 0.377 e. The summed E-state index contributed by atoms with van der Waals surface area (Å²) in [6.45, 7) is 5.91. The van der Waals surface area contributed by atoms with E-state index in [1.807, 2.05) is 34.7 Å². The molecule has 21 heavy (non-hydrogen) atoms. The molecule has 112 valence electrons. The molecule has 1 N–H and O–H groups in total. The van der Waals surface area contributed by atoms with E-state index in [4.69, 9.17) is 4.74 Å². The summed E-state index contributed by atoms with van der Waals surface area (Å²) in [4.78, 5) is 18.6. The molecular weight excluding hydrogens is 268 g/mol. The highest BCUT2D eigenvalue weighted by Gasteiger charge is 2.26. The van der Waals surface area contributed by atoms with Crippen LogP contribution >= 0.6 is 0 Å². The number of hydrogen-bond acceptors (Lipinski definition) is 3. The van der Waals surface area contributed by atoms with Crippen LogP contribution in [0.4, 0.5) is 10.5 Å². The molecular formula is C15H20N4O2. The number of pyridine rings is 1. The molecule has 1 atom stereocenters. The summed E-state index contributed by atoms with van der Waals surface area (Å²) in [7, 11) is 0. The number of carbonyl (C=O) groups is 1. The Bertz CT molecular complexity index is 652. The second-order valence-electron chi connectivity index (χ2n) is 5.33. The Balaban J connectivity index is 1.79. The molecule has 0 aromatic carbocycles. The summed E-state index contributed by atoms with van der Waals surface area (Å²) < 4.78 is 7.35. The van der Waals surface area contributed by atoms with Gasteiger partial charge in [-0.2, -0.15) is 0 Å². The number of fused-ring (bicyclic) bond motifs is 1. The maximum absolute atomic E-state index is 12.5. The van der Waals surface area contributed by atoms with Gasteiger partial charge in [-0.15, -0.1) is 0 Å². The monoisotopic (exact) mass is 288 g/mol. The highest BCUT2D eigenvalue weighted by atomic mass is 16.5. The zero-order chi connectivity index (χ0) is 14.8. The molecule has 6 nitrogen and oxygen atoms in total. The van der Waals surface area contributed by atoms with Crippen molar-refractivity contribution in [3.05, 3.63) is 30.2 Å². The molecule has 0 aliphatic carbocycles. The summed E-state index contributed by atoms with van der Waals surface area (Å²) in [5.41, 5.74) is 2.72. The first-order chi connectivity index (χ1) is 10.2. The van der Waals surface area contributed by atoms with Gasteiger partial charge in [-0.05, 0) is 25.0 Å². The van der Waals surface area contributed by atoms with Crippen molar-refractivity contribution in [1.82, 2.24) is 14.3 Å². The van der Waals surface area contributed by atoms with Crippen LogP contribution in [0.2, 0.25) is 0 Å². The van der Waals surface area contributed by atoms with Gasteiger partial charge in [0.2, 0.25) is 0 Å². The van der Waals surface area contributed by atoms with Crippen LogP contribution in [0.15, 0.2) is 24.7 Å². The van der Waals surface area contributed by atoms with Gasteiger partial charge >= 0.3 is 6.03 Å². The first-order valence-corrected chi connectivity index (χ1v) is 7.27. The molecule has 2 aromatic heterocycles. The summed E-state index contributed by atoms with van der Waals surface area (Å²) >= 11 is 0. The Labute approximate surface area is 123 Å². The van der Waals surface area contributed by atoms with E-state index in [1.165, 1.54) is 0 Å². The minimum absolute atomic E-state index is 0.0657. The van der Waals surface area contributed by atoms with Gasteiger partial charge < -0.3 is 19.4 Å². The standard InChI is InChI=1S/C15H20N4O2/c1-3-13-10-21-7-6-19(13)15(20)17-12-8-11(2)14-16-4-5-18(14)9-12/h4-5,8-9,13H,3,6-7,10H2,1-2H3,(H,17,20). The molecule has 2 amide bonds. The lowest BCUT2D eigenvalue weighted by Gasteiger charge is -2.35. The zero-order valence-corrected chi connectivity index (χ0v) is 12.4. The van der Waals surface area contributed by atoms with Gasteiger partial charge in [0.25, 0.3) is 0 Å². The third-order valence-electron chi connectivity index (χ3n) is 3.88. The lowest BCUT2D eigenvalue weighted by molar-refractivity contribution is 0.0144. The van der Waals surface area contributed by atoms with Crippen LogP contribution in [0.3, 0.4) is 0 Å². The van der Waals surface area contributed by atoms with E-state index in [9.17, 15) is 4.79 Å². The zero-order valence-electron chi connectivity index (χ0n) is 12.4. The van der Waals surface area contributed by atoms with Crippen LogP contribution in [0.5, 0.6) is 0 Å². The summed E-state index contributed by atoms with van der Waals surface area (Å²) in [6, 6.07) is 2.03. The second kappa shape index (κ2) is 5.73. The minimum atomic E-state index is -0.0657. The molecule has 1 saturated heterocycles. The minimum Gasteiger partial charge on any atom is -0.377 e. The van der Waals surface area contributed by atoms with E-state index < -0.39 is 0 Å². The fraction of sp³-hybridized carbons (Fsp3) is 0.467. The van der Waals surface area contributed by atoms with E-state index in [0.29, 0.717) is 19.8 Å². The number of aromatic nitrogens is 2. The molecule has 1 fully saturated rings. The number of carbonyl (C=O) groups excluding carboxylic acids is 1. The van der Waals surface area contributed by atoms with Gasteiger partial charge in [-0.25, -0.2) is 9.78 Å². The maximum atomic E-state index is 12.5. The number of nitrogens with zero attached hydrogens (tertiary/aromatic N) is 3. The van der Waals surface area contributed by atoms with Crippen molar-refractivity contribution >= 4 is 17.4 Å². The van der Waals surface area contributed by atoms with Gasteiger partial charge in [0.1, 0.15) is 5.65 Å². The predicted octanol–water partition coefficient (Wildman–Crippen LogP) is 2.29. The Kier molecular flexibility index (Phi) is 3.79. The topological polar surface area (TPSA) is 58.9 Å². The maximum Gasteiger partial charge on any atom is 0.322 e. The van der Waals surface area contributed by atoms with E-state index in [1.54, 1.807) is 6.20 Å². The van der Waals surface area contributed by atoms with Crippen molar-refractivity contribution in [2.75, 3.05) is 25.1 Å². The highest BCUT2D eigenvalue weighted by molar-refractivity contribution is 5.89. The number of morpholine rings is 1. The van der Waals surface area contributed by atoms with Crippen molar-refractivity contribution in [3.8, 4) is 0 Å². The van der Waals surface area contributed by atoms with Crippen molar-refractivity contribution in [2.24, 2.45) is 0 Å². The van der Waals surface area contributed by atoms with Crippen LogP contribution in [0.1, 0.15) is 18.9 Å². The van der Waals surface area contributed by atoms with Crippen LogP contribution in [0.25, 0.3) is 5.65 Å². The van der Waals surface area contributed by atoms with Gasteiger partial charge in [-0.1, -0.05) is 6.92 Å². The molecule has 2 aromatic rings. The third-order valence-corrected chi connectivity index (χ3v) is 3.88. The molecule has 3 heterocycles. The number of aryl methyl sites for hydroxylation is 1. The molecule has 0 saturated carbocycles. The number of ether oxygens (including phenoxy) is 1. The van der Waals surface area contributed by atoms with Crippen molar-refractivity contribution in [2.45, 2.75) is 26.3 Å². The lowest BCUT2D eigenvalue weighted by Crippen LogP contribution is -2.50. The van der Waals surface area contributed by atoms with Crippen LogP contribution in [-0.4, -0.2) is 46.1 Å². The molecule has 1 unspecified atom stereocenters. The number of rotatable bonds is 2. The summed E-state index contributed by atoms with van der Waals surface area (Å²) in [5, 5.41) is 2.98. The first-order valence-electron chi connectivity index (χ1n) is 7.27. The average Bonchev–Trinajstić information content (AvgIpc) is 2.96. The van der Waals surface area contributed by atoms with Crippen LogP contribution in [0, 0.1) is 6.92 Å². The summed E-state index contributed by atoms with van der Waals surface area (Å²) in [5.74, 6) is 0.